The highest BCUT2D eigenvalue weighted by Gasteiger charge is 2.47. The third-order valence-electron chi connectivity index (χ3n) is 6.26. The first-order valence-corrected chi connectivity index (χ1v) is 11.9. The lowest BCUT2D eigenvalue weighted by molar-refractivity contribution is -0.140. The first kappa shape index (κ1) is 24.1. The summed E-state index contributed by atoms with van der Waals surface area (Å²) in [4.78, 5) is 31.8. The Hall–Kier alpha value is -4.65. The topological polar surface area (TPSA) is 92.9 Å². The van der Waals surface area contributed by atoms with Crippen LogP contribution in [0.15, 0.2) is 95.2 Å². The molecule has 186 valence electrons. The van der Waals surface area contributed by atoms with E-state index in [4.69, 9.17) is 9.15 Å². The number of rotatable bonds is 7. The average Bonchev–Trinajstić information content (AvgIpc) is 3.44. The molecule has 5 rings (SSSR count). The van der Waals surface area contributed by atoms with Crippen LogP contribution in [-0.2, 0) is 22.7 Å². The monoisotopic (exact) mass is 494 g/mol. The number of nitrogens with zero attached hydrogens (tertiary/aromatic N) is 2. The zero-order valence-corrected chi connectivity index (χ0v) is 20.5. The number of carbonyl (C=O) groups is 2. The van der Waals surface area contributed by atoms with E-state index in [0.717, 1.165) is 16.7 Å². The number of carbonyl (C=O) groups excluding carboxylic acids is 2. The molecule has 3 heterocycles. The Morgan fingerprint density at radius 2 is 1.78 bits per heavy atom. The van der Waals surface area contributed by atoms with Crippen LogP contribution < -0.4 is 4.74 Å². The smallest absolute Gasteiger partial charge is 0.296 e. The highest BCUT2D eigenvalue weighted by atomic mass is 16.5. The Morgan fingerprint density at radius 1 is 1.00 bits per heavy atom. The maximum Gasteiger partial charge on any atom is 0.296 e. The lowest BCUT2D eigenvalue weighted by Gasteiger charge is -2.23. The van der Waals surface area contributed by atoms with Gasteiger partial charge in [-0.1, -0.05) is 35.9 Å². The molecule has 1 saturated heterocycles. The van der Waals surface area contributed by atoms with E-state index < -0.39 is 17.7 Å². The number of aromatic nitrogens is 1. The number of ether oxygens (including phenoxy) is 1. The van der Waals surface area contributed by atoms with Gasteiger partial charge in [0.2, 0.25) is 0 Å². The number of Topliss-reactive ketones (excluding diaryl/α,β-unsaturated/α-hetero) is 1. The van der Waals surface area contributed by atoms with Crippen molar-refractivity contribution in [1.29, 1.82) is 0 Å². The van der Waals surface area contributed by atoms with Crippen LogP contribution >= 0.6 is 0 Å². The minimum atomic E-state index is -0.869. The highest BCUT2D eigenvalue weighted by Crippen LogP contribution is 2.41. The SMILES string of the molecule is Cc1cccc(COc2ccc(C(O)=C3C(=O)C(=O)N(Cc4cccnc4)[C@@H]3c3ccc(C)o3)cc2)c1. The van der Waals surface area contributed by atoms with Crippen molar-refractivity contribution in [2.24, 2.45) is 0 Å². The molecule has 1 aliphatic rings. The summed E-state index contributed by atoms with van der Waals surface area (Å²) in [5, 5.41) is 11.2. The van der Waals surface area contributed by atoms with Crippen LogP contribution in [0.25, 0.3) is 5.76 Å². The van der Waals surface area contributed by atoms with Crippen molar-refractivity contribution in [2.75, 3.05) is 0 Å². The number of aliphatic hydroxyl groups excluding tert-OH is 1. The van der Waals surface area contributed by atoms with Crippen molar-refractivity contribution in [3.8, 4) is 5.75 Å². The molecule has 0 unspecified atom stereocenters. The summed E-state index contributed by atoms with van der Waals surface area (Å²) in [6, 6.07) is 21.0. The first-order valence-electron chi connectivity index (χ1n) is 11.9. The number of furan rings is 1. The van der Waals surface area contributed by atoms with Gasteiger partial charge in [-0.3, -0.25) is 14.6 Å². The van der Waals surface area contributed by atoms with Gasteiger partial charge in [0.1, 0.15) is 35.7 Å². The molecule has 7 nitrogen and oxygen atoms in total. The molecule has 0 spiro atoms. The third kappa shape index (κ3) is 5.02. The highest BCUT2D eigenvalue weighted by molar-refractivity contribution is 6.46. The molecule has 0 aliphatic carbocycles. The van der Waals surface area contributed by atoms with Crippen LogP contribution in [0.2, 0.25) is 0 Å². The van der Waals surface area contributed by atoms with Gasteiger partial charge in [0.15, 0.2) is 0 Å². The van der Waals surface area contributed by atoms with Crippen LogP contribution in [0, 0.1) is 13.8 Å². The van der Waals surface area contributed by atoms with E-state index in [9.17, 15) is 14.7 Å². The summed E-state index contributed by atoms with van der Waals surface area (Å²) in [6.07, 6.45) is 3.28. The van der Waals surface area contributed by atoms with Crippen molar-refractivity contribution in [1.82, 2.24) is 9.88 Å². The van der Waals surface area contributed by atoms with Gasteiger partial charge in [0, 0.05) is 24.5 Å². The van der Waals surface area contributed by atoms with E-state index in [1.165, 1.54) is 4.90 Å². The number of hydrogen-bond acceptors (Lipinski definition) is 6. The molecule has 4 aromatic rings. The number of amides is 1. The van der Waals surface area contributed by atoms with Gasteiger partial charge in [-0.15, -0.1) is 0 Å². The van der Waals surface area contributed by atoms with Gasteiger partial charge in [0.25, 0.3) is 11.7 Å². The quantitative estimate of drug-likeness (QED) is 0.207. The Balaban J connectivity index is 1.45. The fourth-order valence-electron chi connectivity index (χ4n) is 4.46. The van der Waals surface area contributed by atoms with E-state index in [0.29, 0.717) is 29.4 Å². The van der Waals surface area contributed by atoms with Crippen LogP contribution in [0.4, 0.5) is 0 Å². The number of pyridine rings is 1. The molecule has 2 aromatic heterocycles. The molecule has 1 aliphatic heterocycles. The molecule has 37 heavy (non-hydrogen) atoms. The van der Waals surface area contributed by atoms with Gasteiger partial charge in [-0.25, -0.2) is 0 Å². The van der Waals surface area contributed by atoms with E-state index in [-0.39, 0.29) is 17.9 Å². The molecule has 1 N–H and O–H groups in total. The van der Waals surface area contributed by atoms with Gasteiger partial charge < -0.3 is 19.2 Å². The fraction of sp³-hybridized carbons (Fsp3) is 0.167. The van der Waals surface area contributed by atoms with Crippen molar-refractivity contribution in [2.45, 2.75) is 33.0 Å². The summed E-state index contributed by atoms with van der Waals surface area (Å²) in [7, 11) is 0. The molecular weight excluding hydrogens is 468 g/mol. The summed E-state index contributed by atoms with van der Waals surface area (Å²) < 4.78 is 11.7. The largest absolute Gasteiger partial charge is 0.507 e. The predicted molar refractivity (Wildman–Crippen MR) is 137 cm³/mol. The second-order valence-corrected chi connectivity index (χ2v) is 9.04. The molecule has 7 heteroatoms. The molecule has 2 aromatic carbocycles. The molecule has 0 bridgehead atoms. The van der Waals surface area contributed by atoms with E-state index >= 15 is 0 Å². The van der Waals surface area contributed by atoms with Crippen molar-refractivity contribution < 1.29 is 23.8 Å². The Kier molecular flexibility index (Phi) is 6.60. The predicted octanol–water partition coefficient (Wildman–Crippen LogP) is 5.49. The van der Waals surface area contributed by atoms with Crippen molar-refractivity contribution in [3.05, 3.63) is 125 Å². The molecule has 0 saturated carbocycles. The van der Waals surface area contributed by atoms with Crippen LogP contribution in [0.5, 0.6) is 5.75 Å². The minimum absolute atomic E-state index is 0.0170. The molecular formula is C30H26N2O5. The molecule has 1 amide bonds. The summed E-state index contributed by atoms with van der Waals surface area (Å²) in [5.41, 5.74) is 3.34. The number of ketones is 1. The van der Waals surface area contributed by atoms with Crippen molar-refractivity contribution >= 4 is 17.4 Å². The Bertz CT molecular complexity index is 1470. The normalized spacial score (nSPS) is 16.8. The van der Waals surface area contributed by atoms with Gasteiger partial charge in [-0.2, -0.15) is 0 Å². The summed E-state index contributed by atoms with van der Waals surface area (Å²) >= 11 is 0. The Morgan fingerprint density at radius 3 is 2.46 bits per heavy atom. The van der Waals surface area contributed by atoms with E-state index in [1.807, 2.05) is 31.2 Å². The third-order valence-corrected chi connectivity index (χ3v) is 6.26. The number of likely N-dealkylation sites (tertiary alicyclic amines) is 1. The van der Waals surface area contributed by atoms with Crippen molar-refractivity contribution in [3.63, 3.8) is 0 Å². The van der Waals surface area contributed by atoms with Gasteiger partial charge >= 0.3 is 0 Å². The second-order valence-electron chi connectivity index (χ2n) is 9.04. The summed E-state index contributed by atoms with van der Waals surface area (Å²) in [6.45, 7) is 4.36. The van der Waals surface area contributed by atoms with Crippen LogP contribution in [0.1, 0.15) is 39.8 Å². The number of aryl methyl sites for hydroxylation is 2. The second kappa shape index (κ2) is 10.1. The zero-order chi connectivity index (χ0) is 25.9. The molecule has 1 fully saturated rings. The standard InChI is InChI=1S/C30H26N2O5/c1-19-5-3-6-21(15-19)18-36-24-11-9-23(10-12-24)28(33)26-27(25-13-8-20(2)37-25)32(30(35)29(26)34)17-22-7-4-14-31-16-22/h3-16,27,33H,17-18H2,1-2H3/t27-/m1/s1. The Labute approximate surface area is 214 Å². The number of aliphatic hydroxyl groups is 1. The van der Waals surface area contributed by atoms with E-state index in [2.05, 4.69) is 11.1 Å². The lowest BCUT2D eigenvalue weighted by atomic mass is 9.99. The molecule has 1 atom stereocenters. The lowest BCUT2D eigenvalue weighted by Crippen LogP contribution is -2.29. The van der Waals surface area contributed by atoms with Gasteiger partial charge in [-0.05, 0) is 67.4 Å². The minimum Gasteiger partial charge on any atom is -0.507 e. The van der Waals surface area contributed by atoms with Crippen LogP contribution in [-0.4, -0.2) is 26.7 Å². The number of hydrogen-bond donors (Lipinski definition) is 1. The first-order chi connectivity index (χ1) is 17.9. The molecule has 0 radical (unpaired) electrons. The van der Waals surface area contributed by atoms with E-state index in [1.54, 1.807) is 61.8 Å². The maximum atomic E-state index is 13.2. The van der Waals surface area contributed by atoms with Crippen LogP contribution in [0.3, 0.4) is 0 Å². The zero-order valence-electron chi connectivity index (χ0n) is 20.5. The average molecular weight is 495 g/mol. The number of benzene rings is 2. The maximum absolute atomic E-state index is 13.2. The fourth-order valence-corrected chi connectivity index (χ4v) is 4.46. The summed E-state index contributed by atoms with van der Waals surface area (Å²) in [5.74, 6) is -0.0790. The van der Waals surface area contributed by atoms with Gasteiger partial charge in [0.05, 0.1) is 5.57 Å².